The highest BCUT2D eigenvalue weighted by Gasteiger charge is 2.65. The molecule has 0 spiro atoms. The summed E-state index contributed by atoms with van der Waals surface area (Å²) in [6, 6.07) is 7.80. The van der Waals surface area contributed by atoms with Crippen LogP contribution < -0.4 is 5.32 Å². The van der Waals surface area contributed by atoms with Gasteiger partial charge in [0, 0.05) is 17.7 Å². The van der Waals surface area contributed by atoms with Crippen molar-refractivity contribution >= 4 is 35.9 Å². The van der Waals surface area contributed by atoms with E-state index in [9.17, 15) is 22.8 Å². The average Bonchev–Trinajstić information content (AvgIpc) is 3.59. The van der Waals surface area contributed by atoms with Gasteiger partial charge in [-0.3, -0.25) is 4.79 Å². The van der Waals surface area contributed by atoms with E-state index < -0.39 is 29.3 Å². The molecule has 1 N–H and O–H groups in total. The molecule has 2 aliphatic rings. The molecule has 1 saturated carbocycles. The van der Waals surface area contributed by atoms with Crippen molar-refractivity contribution in [3.63, 3.8) is 0 Å². The summed E-state index contributed by atoms with van der Waals surface area (Å²) >= 11 is 6.30. The fourth-order valence-electron chi connectivity index (χ4n) is 4.76. The van der Waals surface area contributed by atoms with Crippen molar-refractivity contribution in [2.45, 2.75) is 37.4 Å². The van der Waals surface area contributed by atoms with Gasteiger partial charge >= 0.3 is 12.1 Å². The third kappa shape index (κ3) is 4.41. The number of rotatable bonds is 4. The van der Waals surface area contributed by atoms with Crippen LogP contribution in [-0.4, -0.2) is 41.5 Å². The van der Waals surface area contributed by atoms with Gasteiger partial charge in [0.05, 0.1) is 40.1 Å². The molecule has 6 nitrogen and oxygen atoms in total. The summed E-state index contributed by atoms with van der Waals surface area (Å²) < 4.78 is 62.6. The molecule has 1 fully saturated rings. The van der Waals surface area contributed by atoms with Crippen molar-refractivity contribution in [3.05, 3.63) is 75.2 Å². The second kappa shape index (κ2) is 9.74. The summed E-state index contributed by atoms with van der Waals surface area (Å²) in [6.07, 6.45) is -4.41. The molecule has 0 bridgehead atoms. The molecular formula is C25H21Cl2F4N3O3. The van der Waals surface area contributed by atoms with Gasteiger partial charge in [0.1, 0.15) is 5.82 Å². The van der Waals surface area contributed by atoms with Crippen LogP contribution in [0.15, 0.2) is 36.4 Å². The van der Waals surface area contributed by atoms with Gasteiger partial charge in [0.2, 0.25) is 0 Å². The van der Waals surface area contributed by atoms with Gasteiger partial charge in [-0.1, -0.05) is 23.7 Å². The van der Waals surface area contributed by atoms with Crippen LogP contribution in [0, 0.1) is 5.82 Å². The lowest BCUT2D eigenvalue weighted by atomic mass is 9.90. The van der Waals surface area contributed by atoms with Gasteiger partial charge in [-0.15, -0.1) is 12.4 Å². The number of hydrogen-bond acceptors (Lipinski definition) is 5. The minimum absolute atomic E-state index is 0. The zero-order valence-electron chi connectivity index (χ0n) is 19.4. The van der Waals surface area contributed by atoms with Gasteiger partial charge < -0.3 is 10.1 Å². The highest BCUT2D eigenvalue weighted by atomic mass is 35.5. The maximum absolute atomic E-state index is 15.1. The summed E-state index contributed by atoms with van der Waals surface area (Å²) in [4.78, 5) is 25.5. The minimum Gasteiger partial charge on any atom is -0.465 e. The molecule has 12 heteroatoms. The van der Waals surface area contributed by atoms with Crippen molar-refractivity contribution in [3.8, 4) is 11.3 Å². The van der Waals surface area contributed by atoms with Crippen LogP contribution in [0.3, 0.4) is 0 Å². The van der Waals surface area contributed by atoms with Gasteiger partial charge in [-0.2, -0.15) is 23.0 Å². The molecule has 2 heterocycles. The van der Waals surface area contributed by atoms with Crippen molar-refractivity contribution in [2.24, 2.45) is 0 Å². The van der Waals surface area contributed by atoms with Crippen molar-refractivity contribution in [1.82, 2.24) is 15.1 Å². The Hall–Kier alpha value is -2.95. The van der Waals surface area contributed by atoms with Gasteiger partial charge in [0.15, 0.2) is 0 Å². The molecule has 5 rings (SSSR count). The first kappa shape index (κ1) is 27.1. The topological polar surface area (TPSA) is 73.2 Å². The summed E-state index contributed by atoms with van der Waals surface area (Å²) in [6.45, 7) is 0.746. The monoisotopic (exact) mass is 557 g/mol. The molecule has 0 amide bonds. The first-order chi connectivity index (χ1) is 17.1. The van der Waals surface area contributed by atoms with Crippen LogP contribution in [0.25, 0.3) is 11.3 Å². The molecule has 1 aliphatic heterocycles. The summed E-state index contributed by atoms with van der Waals surface area (Å²) in [5.41, 5.74) is -1.33. The number of methoxy groups -OCH3 is 1. The number of halogens is 6. The molecular weight excluding hydrogens is 537 g/mol. The van der Waals surface area contributed by atoms with Crippen molar-refractivity contribution < 1.29 is 31.9 Å². The fraction of sp³-hybridized carbons (Fsp3) is 0.320. The van der Waals surface area contributed by atoms with Crippen LogP contribution in [0.4, 0.5) is 17.6 Å². The Labute approximate surface area is 220 Å². The number of fused-ring (bicyclic) bond motifs is 1. The van der Waals surface area contributed by atoms with Gasteiger partial charge in [-0.25, -0.2) is 9.18 Å². The van der Waals surface area contributed by atoms with Crippen molar-refractivity contribution in [2.75, 3.05) is 13.7 Å². The number of hydrogen-bond donors (Lipinski definition) is 1. The molecule has 1 aliphatic carbocycles. The number of esters is 1. The third-order valence-corrected chi connectivity index (χ3v) is 7.12. The second-order valence-electron chi connectivity index (χ2n) is 8.85. The molecule has 0 saturated heterocycles. The molecule has 3 aromatic rings. The van der Waals surface area contributed by atoms with Crippen LogP contribution in [0.2, 0.25) is 5.02 Å². The summed E-state index contributed by atoms with van der Waals surface area (Å²) in [5, 5.41) is 7.37. The third-order valence-electron chi connectivity index (χ3n) is 6.81. The number of nitrogens with one attached hydrogen (secondary N) is 1. The molecule has 2 aromatic carbocycles. The molecule has 0 unspecified atom stereocenters. The molecule has 0 atom stereocenters. The lowest BCUT2D eigenvalue weighted by molar-refractivity contribution is -0.160. The smallest absolute Gasteiger partial charge is 0.398 e. The number of alkyl halides is 3. The fourth-order valence-corrected chi connectivity index (χ4v) is 5.02. The van der Waals surface area contributed by atoms with Crippen molar-refractivity contribution in [1.29, 1.82) is 0 Å². The van der Waals surface area contributed by atoms with E-state index in [0.29, 0.717) is 24.2 Å². The lowest BCUT2D eigenvalue weighted by Crippen LogP contribution is -2.32. The van der Waals surface area contributed by atoms with Crippen LogP contribution in [-0.2, 0) is 23.1 Å². The molecule has 37 heavy (non-hydrogen) atoms. The number of ether oxygens (including phenoxy) is 1. The highest BCUT2D eigenvalue weighted by Crippen LogP contribution is 2.60. The molecule has 0 radical (unpaired) electrons. The normalized spacial score (nSPS) is 15.9. The Morgan fingerprint density at radius 1 is 1.19 bits per heavy atom. The van der Waals surface area contributed by atoms with Crippen LogP contribution in [0.5, 0.6) is 0 Å². The maximum atomic E-state index is 15.1. The SMILES string of the molecule is COC(=O)c1ccc(-c2nn(C(=O)c3c(Cl)cccc3C3(C(F)(F)F)CC3)c3c2CCNC3)c(F)c1.Cl. The van der Waals surface area contributed by atoms with E-state index in [2.05, 4.69) is 15.2 Å². The largest absolute Gasteiger partial charge is 0.465 e. The first-order valence-electron chi connectivity index (χ1n) is 11.2. The first-order valence-corrected chi connectivity index (χ1v) is 11.6. The van der Waals surface area contributed by atoms with E-state index in [0.717, 1.165) is 10.7 Å². The molecule has 196 valence electrons. The predicted octanol–water partition coefficient (Wildman–Crippen LogP) is 5.48. The average molecular weight is 558 g/mol. The Kier molecular flexibility index (Phi) is 7.13. The van der Waals surface area contributed by atoms with Gasteiger partial charge in [0.25, 0.3) is 5.91 Å². The Morgan fingerprint density at radius 2 is 1.92 bits per heavy atom. The van der Waals surface area contributed by atoms with E-state index in [4.69, 9.17) is 11.6 Å². The Bertz CT molecular complexity index is 1400. The maximum Gasteiger partial charge on any atom is 0.398 e. The van der Waals surface area contributed by atoms with E-state index in [1.807, 2.05) is 0 Å². The van der Waals surface area contributed by atoms with Crippen LogP contribution >= 0.6 is 24.0 Å². The highest BCUT2D eigenvalue weighted by molar-refractivity contribution is 6.34. The Balaban J connectivity index is 0.00000320. The minimum atomic E-state index is -4.55. The lowest BCUT2D eigenvalue weighted by Gasteiger charge is -2.23. The number of benzene rings is 2. The van der Waals surface area contributed by atoms with Crippen LogP contribution in [0.1, 0.15) is 50.4 Å². The van der Waals surface area contributed by atoms with E-state index in [-0.39, 0.29) is 64.8 Å². The Morgan fingerprint density at radius 3 is 2.54 bits per heavy atom. The number of aromatic nitrogens is 2. The quantitative estimate of drug-likeness (QED) is 0.339. The number of carbonyl (C=O) groups excluding carboxylic acids is 2. The number of nitrogens with zero attached hydrogens (tertiary/aromatic N) is 2. The van der Waals surface area contributed by atoms with E-state index in [1.54, 1.807) is 0 Å². The van der Waals surface area contributed by atoms with E-state index in [1.165, 1.54) is 37.4 Å². The standard InChI is InChI=1S/C25H20ClF4N3O3.ClH/c1-36-23(35)13-5-6-14(18(27)11-13)21-15-7-10-31-12-19(15)33(32-21)22(34)20-16(3-2-4-17(20)26)24(8-9-24)25(28,29)30;/h2-6,11,31H,7-10,12H2,1H3;1H. The second-order valence-corrected chi connectivity index (χ2v) is 9.25. The zero-order valence-corrected chi connectivity index (χ0v) is 21.0. The molecule has 1 aromatic heterocycles. The number of carbonyl (C=O) groups is 2. The zero-order chi connectivity index (χ0) is 25.8. The summed E-state index contributed by atoms with van der Waals surface area (Å²) in [7, 11) is 1.18. The van der Waals surface area contributed by atoms with Gasteiger partial charge in [-0.05, 0) is 55.6 Å². The van der Waals surface area contributed by atoms with E-state index >= 15 is 4.39 Å². The summed E-state index contributed by atoms with van der Waals surface area (Å²) in [5.74, 6) is -2.27. The predicted molar refractivity (Wildman–Crippen MR) is 130 cm³/mol.